The van der Waals surface area contributed by atoms with Gasteiger partial charge in [0.25, 0.3) is 0 Å². The highest BCUT2D eigenvalue weighted by atomic mass is 19.4. The monoisotopic (exact) mass is 473 g/mol. The van der Waals surface area contributed by atoms with Crippen molar-refractivity contribution in [2.45, 2.75) is 26.1 Å². The molecule has 0 fully saturated rings. The van der Waals surface area contributed by atoms with Crippen molar-refractivity contribution in [2.24, 2.45) is 0 Å². The highest BCUT2D eigenvalue weighted by Gasteiger charge is 2.36. The van der Waals surface area contributed by atoms with E-state index < -0.39 is 11.9 Å². The molecule has 0 aliphatic rings. The van der Waals surface area contributed by atoms with Crippen LogP contribution >= 0.6 is 0 Å². The van der Waals surface area contributed by atoms with Gasteiger partial charge in [0.1, 0.15) is 11.4 Å². The maximum atomic E-state index is 14.3. The fraction of sp³-hybridized carbons (Fsp3) is 0.143. The molecule has 0 saturated heterocycles. The Hall–Kier alpha value is -4.13. The van der Waals surface area contributed by atoms with Crippen LogP contribution in [0.15, 0.2) is 91.0 Å². The SMILES string of the molecule is CC(C)Oc1ccc(-c2cc(C(F)(F)F)n3nc(-c4ccccc4)c(-c4ccccc4)c3n2)cc1. The van der Waals surface area contributed by atoms with E-state index in [2.05, 4.69) is 5.10 Å². The van der Waals surface area contributed by atoms with Gasteiger partial charge < -0.3 is 4.74 Å². The number of hydrogen-bond donors (Lipinski definition) is 0. The molecule has 5 rings (SSSR count). The minimum Gasteiger partial charge on any atom is -0.491 e. The predicted molar refractivity (Wildman–Crippen MR) is 130 cm³/mol. The van der Waals surface area contributed by atoms with Gasteiger partial charge in [-0.15, -0.1) is 0 Å². The Balaban J connectivity index is 1.79. The van der Waals surface area contributed by atoms with E-state index in [-0.39, 0.29) is 17.4 Å². The first-order chi connectivity index (χ1) is 16.8. The van der Waals surface area contributed by atoms with E-state index >= 15 is 0 Å². The van der Waals surface area contributed by atoms with Crippen LogP contribution in [0.2, 0.25) is 0 Å². The normalized spacial score (nSPS) is 11.8. The van der Waals surface area contributed by atoms with Crippen LogP contribution in [0.5, 0.6) is 5.75 Å². The Labute approximate surface area is 200 Å². The van der Waals surface area contributed by atoms with Crippen LogP contribution in [0, 0.1) is 0 Å². The highest BCUT2D eigenvalue weighted by Crippen LogP contribution is 2.39. The smallest absolute Gasteiger partial charge is 0.433 e. The molecule has 2 aromatic heterocycles. The van der Waals surface area contributed by atoms with Gasteiger partial charge >= 0.3 is 6.18 Å². The predicted octanol–water partition coefficient (Wildman–Crippen LogP) is 7.54. The number of rotatable bonds is 5. The first-order valence-corrected chi connectivity index (χ1v) is 11.2. The van der Waals surface area contributed by atoms with Crippen LogP contribution < -0.4 is 4.74 Å². The molecule has 5 aromatic rings. The van der Waals surface area contributed by atoms with Crippen molar-refractivity contribution in [3.63, 3.8) is 0 Å². The van der Waals surface area contributed by atoms with E-state index in [1.165, 1.54) is 0 Å². The number of aromatic nitrogens is 3. The topological polar surface area (TPSA) is 39.4 Å². The number of nitrogens with zero attached hydrogens (tertiary/aromatic N) is 3. The van der Waals surface area contributed by atoms with Crippen molar-refractivity contribution in [1.29, 1.82) is 0 Å². The largest absolute Gasteiger partial charge is 0.491 e. The van der Waals surface area contributed by atoms with Gasteiger partial charge in [-0.05, 0) is 49.7 Å². The Bertz CT molecular complexity index is 1460. The third kappa shape index (κ3) is 4.49. The van der Waals surface area contributed by atoms with E-state index in [4.69, 9.17) is 9.72 Å². The summed E-state index contributed by atoms with van der Waals surface area (Å²) in [4.78, 5) is 4.69. The number of halogens is 3. The quantitative estimate of drug-likeness (QED) is 0.265. The second kappa shape index (κ2) is 8.91. The van der Waals surface area contributed by atoms with Crippen molar-refractivity contribution >= 4 is 5.65 Å². The van der Waals surface area contributed by atoms with Gasteiger partial charge in [-0.2, -0.15) is 18.3 Å². The van der Waals surface area contributed by atoms with Gasteiger partial charge in [0.2, 0.25) is 0 Å². The van der Waals surface area contributed by atoms with Gasteiger partial charge in [0, 0.05) is 11.1 Å². The fourth-order valence-corrected chi connectivity index (χ4v) is 4.01. The molecule has 0 unspecified atom stereocenters. The zero-order valence-electron chi connectivity index (χ0n) is 19.1. The zero-order chi connectivity index (χ0) is 24.6. The lowest BCUT2D eigenvalue weighted by atomic mass is 10.0. The molecule has 0 aliphatic carbocycles. The lowest BCUT2D eigenvalue weighted by Gasteiger charge is -2.13. The van der Waals surface area contributed by atoms with Gasteiger partial charge in [-0.1, -0.05) is 60.7 Å². The lowest BCUT2D eigenvalue weighted by molar-refractivity contribution is -0.142. The van der Waals surface area contributed by atoms with E-state index in [1.807, 2.05) is 74.5 Å². The maximum Gasteiger partial charge on any atom is 0.433 e. The minimum atomic E-state index is -4.63. The summed E-state index contributed by atoms with van der Waals surface area (Å²) in [5.41, 5.74) is 2.44. The van der Waals surface area contributed by atoms with E-state index in [9.17, 15) is 13.2 Å². The third-order valence-corrected chi connectivity index (χ3v) is 5.51. The summed E-state index contributed by atoms with van der Waals surface area (Å²) in [7, 11) is 0. The molecule has 0 bridgehead atoms. The van der Waals surface area contributed by atoms with Crippen LogP contribution in [0.3, 0.4) is 0 Å². The number of hydrogen-bond acceptors (Lipinski definition) is 3. The number of benzene rings is 3. The second-order valence-corrected chi connectivity index (χ2v) is 8.41. The summed E-state index contributed by atoms with van der Waals surface area (Å²) in [6, 6.07) is 26.4. The van der Waals surface area contributed by atoms with Gasteiger partial charge in [0.15, 0.2) is 11.3 Å². The van der Waals surface area contributed by atoms with Crippen molar-refractivity contribution in [3.05, 3.63) is 96.7 Å². The average molecular weight is 473 g/mol. The average Bonchev–Trinajstić information content (AvgIpc) is 3.23. The molecule has 4 nitrogen and oxygen atoms in total. The van der Waals surface area contributed by atoms with Gasteiger partial charge in [0.05, 0.1) is 17.4 Å². The van der Waals surface area contributed by atoms with Gasteiger partial charge in [-0.25, -0.2) is 9.50 Å². The van der Waals surface area contributed by atoms with Crippen LogP contribution in [-0.4, -0.2) is 20.7 Å². The van der Waals surface area contributed by atoms with Crippen molar-refractivity contribution in [2.75, 3.05) is 0 Å². The summed E-state index contributed by atoms with van der Waals surface area (Å²) in [6.45, 7) is 3.82. The molecule has 0 amide bonds. The van der Waals surface area contributed by atoms with Crippen molar-refractivity contribution in [3.8, 4) is 39.4 Å². The molecule has 0 radical (unpaired) electrons. The molecule has 3 aromatic carbocycles. The lowest BCUT2D eigenvalue weighted by Crippen LogP contribution is -2.13. The molecule has 0 saturated carbocycles. The van der Waals surface area contributed by atoms with Crippen LogP contribution in [0.1, 0.15) is 19.5 Å². The fourth-order valence-electron chi connectivity index (χ4n) is 4.01. The molecule has 176 valence electrons. The Morgan fingerprint density at radius 3 is 1.94 bits per heavy atom. The summed E-state index contributed by atoms with van der Waals surface area (Å²) in [6.07, 6.45) is -4.64. The first-order valence-electron chi connectivity index (χ1n) is 11.2. The Morgan fingerprint density at radius 2 is 1.37 bits per heavy atom. The molecule has 35 heavy (non-hydrogen) atoms. The standard InChI is InChI=1S/C28H22F3N3O/c1-18(2)35-22-15-13-19(14-16-22)23-17-24(28(29,30)31)34-27(32-23)25(20-9-5-3-6-10-20)26(33-34)21-11-7-4-8-12-21/h3-18H,1-2H3. The zero-order valence-corrected chi connectivity index (χ0v) is 19.1. The summed E-state index contributed by atoms with van der Waals surface area (Å²) in [5, 5.41) is 4.42. The van der Waals surface area contributed by atoms with Crippen molar-refractivity contribution < 1.29 is 17.9 Å². The van der Waals surface area contributed by atoms with Crippen molar-refractivity contribution in [1.82, 2.24) is 14.6 Å². The molecule has 0 N–H and O–H groups in total. The first kappa shape index (κ1) is 22.7. The van der Waals surface area contributed by atoms with E-state index in [1.54, 1.807) is 24.3 Å². The maximum absolute atomic E-state index is 14.3. The van der Waals surface area contributed by atoms with Crippen LogP contribution in [0.25, 0.3) is 39.3 Å². The van der Waals surface area contributed by atoms with Gasteiger partial charge in [-0.3, -0.25) is 0 Å². The second-order valence-electron chi connectivity index (χ2n) is 8.41. The Kier molecular flexibility index (Phi) is 5.76. The molecule has 0 atom stereocenters. The molecular weight excluding hydrogens is 451 g/mol. The molecule has 7 heteroatoms. The molecular formula is C28H22F3N3O. The third-order valence-electron chi connectivity index (χ3n) is 5.51. The highest BCUT2D eigenvalue weighted by molar-refractivity contribution is 5.91. The van der Waals surface area contributed by atoms with E-state index in [0.717, 1.165) is 16.1 Å². The van der Waals surface area contributed by atoms with E-state index in [0.29, 0.717) is 28.1 Å². The number of alkyl halides is 3. The summed E-state index contributed by atoms with van der Waals surface area (Å²) < 4.78 is 49.4. The van der Waals surface area contributed by atoms with Crippen LogP contribution in [-0.2, 0) is 6.18 Å². The number of ether oxygens (including phenoxy) is 1. The summed E-state index contributed by atoms with van der Waals surface area (Å²) in [5.74, 6) is 0.640. The summed E-state index contributed by atoms with van der Waals surface area (Å²) >= 11 is 0. The molecule has 0 spiro atoms. The number of fused-ring (bicyclic) bond motifs is 1. The minimum absolute atomic E-state index is 0.0104. The Morgan fingerprint density at radius 1 is 0.771 bits per heavy atom. The molecule has 0 aliphatic heterocycles. The van der Waals surface area contributed by atoms with Crippen LogP contribution in [0.4, 0.5) is 13.2 Å². The molecule has 2 heterocycles.